The number of alkyl halides is 3. The summed E-state index contributed by atoms with van der Waals surface area (Å²) in [5, 5.41) is 7.83. The third kappa shape index (κ3) is 3.88. The molecule has 5 nitrogen and oxygen atoms in total. The molecule has 0 aliphatic rings. The highest BCUT2D eigenvalue weighted by molar-refractivity contribution is 6.33. The number of hydrogen-bond acceptors (Lipinski definition) is 4. The molecular formula is C18H12Cl2F3N5. The fourth-order valence-corrected chi connectivity index (χ4v) is 2.81. The lowest BCUT2D eigenvalue weighted by molar-refractivity contribution is -0.137. The van der Waals surface area contributed by atoms with E-state index in [1.807, 2.05) is 0 Å². The molecule has 28 heavy (non-hydrogen) atoms. The monoisotopic (exact) mass is 425 g/mol. The molecule has 0 fully saturated rings. The molecule has 10 heteroatoms. The van der Waals surface area contributed by atoms with E-state index in [-0.39, 0.29) is 12.4 Å². The highest BCUT2D eigenvalue weighted by Gasteiger charge is 2.29. The van der Waals surface area contributed by atoms with Crippen LogP contribution < -0.4 is 5.32 Å². The summed E-state index contributed by atoms with van der Waals surface area (Å²) in [5.41, 5.74) is 1.63. The van der Waals surface area contributed by atoms with Crippen molar-refractivity contribution in [2.45, 2.75) is 6.18 Å². The molecule has 0 aliphatic heterocycles. The standard InChI is InChI=1S/C18H11ClF3N5.ClH/c19-14-2-1-7-23-17(14)11-8-15-24-10-16(27(15)25-9-11)26-13-5-3-12(4-6-13)18(20,21)22;/h1-10,26H;1H. The van der Waals surface area contributed by atoms with Crippen LogP contribution in [-0.4, -0.2) is 19.6 Å². The Morgan fingerprint density at radius 1 is 1.00 bits per heavy atom. The molecule has 4 aromatic rings. The van der Waals surface area contributed by atoms with E-state index in [0.29, 0.717) is 33.4 Å². The summed E-state index contributed by atoms with van der Waals surface area (Å²) in [6.07, 6.45) is 0.408. The molecule has 0 unspecified atom stereocenters. The summed E-state index contributed by atoms with van der Waals surface area (Å²) >= 11 is 6.16. The van der Waals surface area contributed by atoms with Crippen LogP contribution in [0.15, 0.2) is 61.1 Å². The average molecular weight is 426 g/mol. The molecule has 4 rings (SSSR count). The molecular weight excluding hydrogens is 414 g/mol. The molecule has 0 radical (unpaired) electrons. The number of imidazole rings is 1. The third-order valence-electron chi connectivity index (χ3n) is 3.88. The van der Waals surface area contributed by atoms with Gasteiger partial charge in [0, 0.05) is 17.4 Å². The summed E-state index contributed by atoms with van der Waals surface area (Å²) in [7, 11) is 0. The Labute approximate surface area is 168 Å². The van der Waals surface area contributed by atoms with Gasteiger partial charge >= 0.3 is 6.18 Å². The number of fused-ring (bicyclic) bond motifs is 1. The van der Waals surface area contributed by atoms with E-state index in [4.69, 9.17) is 11.6 Å². The van der Waals surface area contributed by atoms with Gasteiger partial charge in [0.05, 0.1) is 28.7 Å². The highest BCUT2D eigenvalue weighted by Crippen LogP contribution is 2.31. The van der Waals surface area contributed by atoms with Crippen molar-refractivity contribution in [1.29, 1.82) is 0 Å². The van der Waals surface area contributed by atoms with Crippen molar-refractivity contribution in [3.05, 3.63) is 71.6 Å². The average Bonchev–Trinajstić information content (AvgIpc) is 3.04. The van der Waals surface area contributed by atoms with E-state index in [9.17, 15) is 13.2 Å². The van der Waals surface area contributed by atoms with Crippen LogP contribution in [0.4, 0.5) is 24.7 Å². The topological polar surface area (TPSA) is 55.1 Å². The summed E-state index contributed by atoms with van der Waals surface area (Å²) in [6, 6.07) is 9.98. The molecule has 0 atom stereocenters. The molecule has 3 heterocycles. The van der Waals surface area contributed by atoms with Crippen LogP contribution in [0.3, 0.4) is 0 Å². The van der Waals surface area contributed by atoms with E-state index in [1.165, 1.54) is 16.6 Å². The van der Waals surface area contributed by atoms with E-state index >= 15 is 0 Å². The van der Waals surface area contributed by atoms with Gasteiger partial charge in [-0.3, -0.25) is 4.98 Å². The van der Waals surface area contributed by atoms with Crippen molar-refractivity contribution in [2.75, 3.05) is 5.32 Å². The Morgan fingerprint density at radius 2 is 1.75 bits per heavy atom. The zero-order valence-electron chi connectivity index (χ0n) is 14.0. The maximum absolute atomic E-state index is 12.7. The first kappa shape index (κ1) is 19.9. The zero-order chi connectivity index (χ0) is 19.0. The van der Waals surface area contributed by atoms with Gasteiger partial charge in [-0.05, 0) is 42.5 Å². The summed E-state index contributed by atoms with van der Waals surface area (Å²) < 4.78 is 39.5. The van der Waals surface area contributed by atoms with Crippen LogP contribution >= 0.6 is 24.0 Å². The Hall–Kier alpha value is -2.84. The summed E-state index contributed by atoms with van der Waals surface area (Å²) in [4.78, 5) is 8.52. The van der Waals surface area contributed by atoms with Gasteiger partial charge < -0.3 is 5.32 Å². The lowest BCUT2D eigenvalue weighted by Crippen LogP contribution is -2.04. The van der Waals surface area contributed by atoms with Crippen LogP contribution in [0.1, 0.15) is 5.56 Å². The Balaban J connectivity index is 0.00000225. The minimum atomic E-state index is -4.37. The molecule has 1 N–H and O–H groups in total. The van der Waals surface area contributed by atoms with Crippen molar-refractivity contribution < 1.29 is 13.2 Å². The fourth-order valence-electron chi connectivity index (χ4n) is 2.58. The Morgan fingerprint density at radius 3 is 2.43 bits per heavy atom. The Bertz CT molecular complexity index is 1110. The smallest absolute Gasteiger partial charge is 0.339 e. The number of nitrogens with one attached hydrogen (secondary N) is 1. The van der Waals surface area contributed by atoms with Crippen molar-refractivity contribution in [2.24, 2.45) is 0 Å². The second-order valence-electron chi connectivity index (χ2n) is 5.69. The first-order chi connectivity index (χ1) is 12.9. The maximum atomic E-state index is 12.7. The molecule has 0 bridgehead atoms. The van der Waals surface area contributed by atoms with E-state index in [2.05, 4.69) is 20.4 Å². The van der Waals surface area contributed by atoms with E-state index in [1.54, 1.807) is 36.8 Å². The van der Waals surface area contributed by atoms with Crippen LogP contribution in [0.25, 0.3) is 16.9 Å². The van der Waals surface area contributed by atoms with Crippen LogP contribution in [0.5, 0.6) is 0 Å². The van der Waals surface area contributed by atoms with Gasteiger partial charge in [0.15, 0.2) is 11.5 Å². The van der Waals surface area contributed by atoms with Crippen molar-refractivity contribution >= 4 is 41.2 Å². The number of rotatable bonds is 3. The Kier molecular flexibility index (Phi) is 5.44. The largest absolute Gasteiger partial charge is 0.416 e. The minimum Gasteiger partial charge on any atom is -0.339 e. The normalized spacial score (nSPS) is 11.3. The first-order valence-electron chi connectivity index (χ1n) is 7.81. The van der Waals surface area contributed by atoms with Gasteiger partial charge in [-0.2, -0.15) is 22.8 Å². The number of hydrogen-bond donors (Lipinski definition) is 1. The lowest BCUT2D eigenvalue weighted by atomic mass is 10.2. The third-order valence-corrected chi connectivity index (χ3v) is 4.18. The van der Waals surface area contributed by atoms with Crippen LogP contribution in [0.2, 0.25) is 5.02 Å². The number of halogens is 5. The van der Waals surface area contributed by atoms with Gasteiger partial charge in [-0.15, -0.1) is 12.4 Å². The number of benzene rings is 1. The molecule has 0 saturated heterocycles. The zero-order valence-corrected chi connectivity index (χ0v) is 15.6. The van der Waals surface area contributed by atoms with E-state index in [0.717, 1.165) is 12.1 Å². The lowest BCUT2D eigenvalue weighted by Gasteiger charge is -2.09. The predicted molar refractivity (Wildman–Crippen MR) is 103 cm³/mol. The highest BCUT2D eigenvalue weighted by atomic mass is 35.5. The van der Waals surface area contributed by atoms with Crippen LogP contribution in [-0.2, 0) is 6.18 Å². The molecule has 3 aromatic heterocycles. The minimum absolute atomic E-state index is 0. The molecule has 0 amide bonds. The van der Waals surface area contributed by atoms with Gasteiger partial charge in [-0.1, -0.05) is 11.6 Å². The van der Waals surface area contributed by atoms with Crippen molar-refractivity contribution in [3.63, 3.8) is 0 Å². The van der Waals surface area contributed by atoms with Gasteiger partial charge in [-0.25, -0.2) is 4.98 Å². The van der Waals surface area contributed by atoms with Gasteiger partial charge in [0.2, 0.25) is 0 Å². The fraction of sp³-hybridized carbons (Fsp3) is 0.0556. The number of pyridine rings is 1. The SMILES string of the molecule is Cl.FC(F)(F)c1ccc(Nc2cnc3cc(-c4ncccc4Cl)cnn23)cc1. The quantitative estimate of drug-likeness (QED) is 0.462. The first-order valence-corrected chi connectivity index (χ1v) is 8.18. The number of anilines is 2. The van der Waals surface area contributed by atoms with E-state index < -0.39 is 11.7 Å². The maximum Gasteiger partial charge on any atom is 0.416 e. The van der Waals surface area contributed by atoms with Gasteiger partial charge in [0.1, 0.15) is 0 Å². The number of nitrogens with zero attached hydrogens (tertiary/aromatic N) is 4. The number of aromatic nitrogens is 4. The molecule has 1 aromatic carbocycles. The summed E-state index contributed by atoms with van der Waals surface area (Å²) in [5.74, 6) is 0.517. The van der Waals surface area contributed by atoms with Crippen molar-refractivity contribution in [1.82, 2.24) is 19.6 Å². The predicted octanol–water partition coefficient (Wildman–Crippen LogP) is 5.63. The molecule has 0 saturated carbocycles. The summed E-state index contributed by atoms with van der Waals surface area (Å²) in [6.45, 7) is 0. The molecule has 144 valence electrons. The van der Waals surface area contributed by atoms with Crippen molar-refractivity contribution in [3.8, 4) is 11.3 Å². The molecule has 0 spiro atoms. The molecule has 0 aliphatic carbocycles. The van der Waals surface area contributed by atoms with Crippen LogP contribution in [0, 0.1) is 0 Å². The second-order valence-corrected chi connectivity index (χ2v) is 6.10. The second kappa shape index (κ2) is 7.65. The van der Waals surface area contributed by atoms with Gasteiger partial charge in [0.25, 0.3) is 0 Å².